The number of benzene rings is 2. The van der Waals surface area contributed by atoms with Crippen molar-refractivity contribution >= 4 is 0 Å². The van der Waals surface area contributed by atoms with E-state index in [4.69, 9.17) is 4.74 Å². The van der Waals surface area contributed by atoms with Crippen LogP contribution in [0, 0.1) is 0 Å². The number of hydrogen-bond donors (Lipinski definition) is 0. The van der Waals surface area contributed by atoms with Crippen molar-refractivity contribution in [3.05, 3.63) is 96.1 Å². The van der Waals surface area contributed by atoms with E-state index in [9.17, 15) is 0 Å². The SMILES string of the molecule is C=C(C)C(CCCCCCCCCCCCCC)(Cc1ccccc1)OC(CCCCCCCCCCCCCC)(Cc1ccccc1)C(=C)C. The minimum absolute atomic E-state index is 0.426. The lowest BCUT2D eigenvalue weighted by atomic mass is 9.78. The summed E-state index contributed by atoms with van der Waals surface area (Å²) in [6.45, 7) is 18.4. The van der Waals surface area contributed by atoms with Crippen molar-refractivity contribution in [2.24, 2.45) is 0 Å². The van der Waals surface area contributed by atoms with Gasteiger partial charge in [0.25, 0.3) is 0 Å². The van der Waals surface area contributed by atoms with Crippen LogP contribution in [0.4, 0.5) is 0 Å². The molecule has 0 fully saturated rings. The summed E-state index contributed by atoms with van der Waals surface area (Å²) in [7, 11) is 0. The van der Waals surface area contributed by atoms with Crippen LogP contribution < -0.4 is 0 Å². The van der Waals surface area contributed by atoms with Crippen LogP contribution in [0.2, 0.25) is 0 Å². The molecule has 0 saturated heterocycles. The van der Waals surface area contributed by atoms with Gasteiger partial charge in [0.15, 0.2) is 0 Å². The van der Waals surface area contributed by atoms with E-state index < -0.39 is 11.2 Å². The Morgan fingerprint density at radius 1 is 0.412 bits per heavy atom. The minimum Gasteiger partial charge on any atom is -0.359 e. The molecular formula is C50H82O. The van der Waals surface area contributed by atoms with Crippen LogP contribution in [0.1, 0.15) is 206 Å². The Morgan fingerprint density at radius 3 is 0.922 bits per heavy atom. The first-order chi connectivity index (χ1) is 24.9. The molecule has 1 heteroatoms. The van der Waals surface area contributed by atoms with E-state index in [0.29, 0.717) is 0 Å². The van der Waals surface area contributed by atoms with Crippen LogP contribution in [-0.2, 0) is 17.6 Å². The van der Waals surface area contributed by atoms with Crippen LogP contribution in [0.3, 0.4) is 0 Å². The van der Waals surface area contributed by atoms with Gasteiger partial charge in [-0.25, -0.2) is 0 Å². The Bertz CT molecular complexity index is 1030. The molecule has 288 valence electrons. The molecule has 0 aliphatic carbocycles. The molecule has 0 aromatic heterocycles. The van der Waals surface area contributed by atoms with Gasteiger partial charge in [0, 0.05) is 12.8 Å². The normalized spacial score (nSPS) is 13.9. The fourth-order valence-corrected chi connectivity index (χ4v) is 7.98. The van der Waals surface area contributed by atoms with Crippen LogP contribution in [0.25, 0.3) is 0 Å². The fraction of sp³-hybridized carbons (Fsp3) is 0.680. The number of hydrogen-bond acceptors (Lipinski definition) is 1. The Hall–Kier alpha value is -2.12. The first kappa shape index (κ1) is 45.0. The fourth-order valence-electron chi connectivity index (χ4n) is 7.98. The second kappa shape index (κ2) is 28.4. The standard InChI is InChI=1S/C50H82O/c1-7-9-11-13-15-17-19-21-23-25-27-35-41-49(45(3)4,43-47-37-31-29-32-38-47)51-50(46(5)6,44-48-39-33-30-34-40-48)42-36-28-26-24-22-20-18-16-14-12-10-8-2/h29-34,37-40H,3,5,7-28,35-36,41-44H2,1-2,4,6H3. The predicted octanol–water partition coefficient (Wildman–Crippen LogP) is 16.3. The Morgan fingerprint density at radius 2 is 0.667 bits per heavy atom. The molecule has 0 spiro atoms. The number of rotatable bonds is 34. The van der Waals surface area contributed by atoms with Gasteiger partial charge in [-0.1, -0.05) is 242 Å². The Kier molecular flexibility index (Phi) is 25.1. The topological polar surface area (TPSA) is 9.23 Å². The molecule has 2 aromatic rings. The maximum atomic E-state index is 7.76. The van der Waals surface area contributed by atoms with E-state index in [2.05, 4.69) is 102 Å². The van der Waals surface area contributed by atoms with Gasteiger partial charge in [-0.05, 0) is 49.0 Å². The molecule has 0 N–H and O–H groups in total. The number of unbranched alkanes of at least 4 members (excludes halogenated alkanes) is 22. The zero-order valence-corrected chi connectivity index (χ0v) is 34.4. The zero-order valence-electron chi connectivity index (χ0n) is 34.4. The van der Waals surface area contributed by atoms with Crippen molar-refractivity contribution in [2.75, 3.05) is 0 Å². The first-order valence-corrected chi connectivity index (χ1v) is 22.0. The second-order valence-corrected chi connectivity index (χ2v) is 16.3. The van der Waals surface area contributed by atoms with Crippen molar-refractivity contribution in [3.8, 4) is 0 Å². The summed E-state index contributed by atoms with van der Waals surface area (Å²) in [5.41, 5.74) is 4.13. The van der Waals surface area contributed by atoms with E-state index in [-0.39, 0.29) is 0 Å². The largest absolute Gasteiger partial charge is 0.359 e. The van der Waals surface area contributed by atoms with Crippen molar-refractivity contribution in [1.29, 1.82) is 0 Å². The molecule has 2 rings (SSSR count). The molecular weight excluding hydrogens is 617 g/mol. The molecule has 0 saturated carbocycles. The lowest BCUT2D eigenvalue weighted by molar-refractivity contribution is -0.128. The van der Waals surface area contributed by atoms with Crippen LogP contribution in [0.5, 0.6) is 0 Å². The third-order valence-electron chi connectivity index (χ3n) is 11.5. The van der Waals surface area contributed by atoms with Crippen LogP contribution >= 0.6 is 0 Å². The van der Waals surface area contributed by atoms with Gasteiger partial charge < -0.3 is 4.74 Å². The van der Waals surface area contributed by atoms with E-state index in [1.54, 1.807) is 0 Å². The molecule has 0 aliphatic rings. The lowest BCUT2D eigenvalue weighted by Gasteiger charge is -2.46. The third-order valence-corrected chi connectivity index (χ3v) is 11.5. The highest BCUT2D eigenvalue weighted by atomic mass is 16.5. The Balaban J connectivity index is 2.09. The van der Waals surface area contributed by atoms with Crippen LogP contribution in [-0.4, -0.2) is 11.2 Å². The van der Waals surface area contributed by atoms with Crippen molar-refractivity contribution in [2.45, 2.75) is 219 Å². The van der Waals surface area contributed by atoms with Gasteiger partial charge in [0.05, 0.1) is 11.2 Å². The average Bonchev–Trinajstić information content (AvgIpc) is 3.13. The second-order valence-electron chi connectivity index (χ2n) is 16.3. The molecule has 0 heterocycles. The van der Waals surface area contributed by atoms with Gasteiger partial charge in [0.2, 0.25) is 0 Å². The highest BCUT2D eigenvalue weighted by Gasteiger charge is 2.43. The molecule has 0 radical (unpaired) electrons. The van der Waals surface area contributed by atoms with E-state index in [0.717, 1.165) is 36.8 Å². The molecule has 2 unspecified atom stereocenters. The van der Waals surface area contributed by atoms with Gasteiger partial charge in [0.1, 0.15) is 0 Å². The summed E-state index contributed by atoms with van der Waals surface area (Å²) in [5, 5.41) is 0. The number of ether oxygens (including phenoxy) is 1. The highest BCUT2D eigenvalue weighted by molar-refractivity contribution is 5.27. The van der Waals surface area contributed by atoms with Gasteiger partial charge >= 0.3 is 0 Å². The molecule has 2 aromatic carbocycles. The minimum atomic E-state index is -0.426. The quantitative estimate of drug-likeness (QED) is 0.0522. The van der Waals surface area contributed by atoms with Gasteiger partial charge in [-0.3, -0.25) is 0 Å². The molecule has 0 amide bonds. The maximum Gasteiger partial charge on any atom is 0.0938 e. The summed E-state index contributed by atoms with van der Waals surface area (Å²) < 4.78 is 7.76. The third kappa shape index (κ3) is 19.5. The van der Waals surface area contributed by atoms with Crippen LogP contribution in [0.15, 0.2) is 85.0 Å². The first-order valence-electron chi connectivity index (χ1n) is 22.0. The summed E-state index contributed by atoms with van der Waals surface area (Å²) >= 11 is 0. The van der Waals surface area contributed by atoms with E-state index in [1.807, 2.05) is 0 Å². The molecule has 1 nitrogen and oxygen atoms in total. The summed E-state index contributed by atoms with van der Waals surface area (Å²) in [6.07, 6.45) is 36.4. The van der Waals surface area contributed by atoms with Gasteiger partial charge in [-0.15, -0.1) is 0 Å². The highest BCUT2D eigenvalue weighted by Crippen LogP contribution is 2.42. The zero-order chi connectivity index (χ0) is 36.9. The molecule has 0 bridgehead atoms. The van der Waals surface area contributed by atoms with Crippen molar-refractivity contribution in [1.82, 2.24) is 0 Å². The van der Waals surface area contributed by atoms with Crippen molar-refractivity contribution in [3.63, 3.8) is 0 Å². The average molecular weight is 699 g/mol. The maximum absolute atomic E-state index is 7.76. The monoisotopic (exact) mass is 699 g/mol. The van der Waals surface area contributed by atoms with Gasteiger partial charge in [-0.2, -0.15) is 0 Å². The smallest absolute Gasteiger partial charge is 0.0938 e. The summed E-state index contributed by atoms with van der Waals surface area (Å²) in [4.78, 5) is 0. The van der Waals surface area contributed by atoms with Crippen molar-refractivity contribution < 1.29 is 4.74 Å². The van der Waals surface area contributed by atoms with E-state index >= 15 is 0 Å². The molecule has 2 atom stereocenters. The summed E-state index contributed by atoms with van der Waals surface area (Å²) in [6, 6.07) is 22.0. The molecule has 0 aliphatic heterocycles. The Labute approximate surface area is 318 Å². The lowest BCUT2D eigenvalue weighted by Crippen LogP contribution is -2.49. The summed E-state index contributed by atoms with van der Waals surface area (Å²) in [5.74, 6) is 0. The van der Waals surface area contributed by atoms with E-state index in [1.165, 1.54) is 165 Å². The molecule has 51 heavy (non-hydrogen) atoms. The predicted molar refractivity (Wildman–Crippen MR) is 228 cm³/mol.